The highest BCUT2D eigenvalue weighted by atomic mass is 19.4. The standard InChI is InChI=1S/C18H23F3N4O2/c1-2-6-22-16(26)12-24-7-9-25(10-8-24)13-17(27)23-15-5-3-4-14(11-15)18(19,20)21/h2-5,11H,1,6-10,12-13H2,(H,22,26)(H,23,27). The van der Waals surface area contributed by atoms with Crippen molar-refractivity contribution in [3.8, 4) is 0 Å². The summed E-state index contributed by atoms with van der Waals surface area (Å²) in [7, 11) is 0. The van der Waals surface area contributed by atoms with E-state index in [9.17, 15) is 22.8 Å². The molecular weight excluding hydrogens is 361 g/mol. The van der Waals surface area contributed by atoms with Crippen LogP contribution in [0.2, 0.25) is 0 Å². The van der Waals surface area contributed by atoms with Crippen molar-refractivity contribution < 1.29 is 22.8 Å². The Balaban J connectivity index is 1.76. The van der Waals surface area contributed by atoms with Crippen molar-refractivity contribution >= 4 is 17.5 Å². The molecule has 1 fully saturated rings. The van der Waals surface area contributed by atoms with E-state index in [1.165, 1.54) is 12.1 Å². The van der Waals surface area contributed by atoms with Crippen LogP contribution in [0.25, 0.3) is 0 Å². The molecular formula is C18H23F3N4O2. The second-order valence-corrected chi connectivity index (χ2v) is 6.27. The van der Waals surface area contributed by atoms with Gasteiger partial charge < -0.3 is 10.6 Å². The molecule has 0 saturated carbocycles. The summed E-state index contributed by atoms with van der Waals surface area (Å²) in [6.07, 6.45) is -2.84. The number of rotatable bonds is 7. The molecule has 0 atom stereocenters. The molecule has 1 saturated heterocycles. The van der Waals surface area contributed by atoms with Gasteiger partial charge in [0.15, 0.2) is 0 Å². The number of carbonyl (C=O) groups excluding carboxylic acids is 2. The minimum absolute atomic E-state index is 0.0781. The number of nitrogens with one attached hydrogen (secondary N) is 2. The van der Waals surface area contributed by atoms with E-state index in [2.05, 4.69) is 17.2 Å². The summed E-state index contributed by atoms with van der Waals surface area (Å²) in [6, 6.07) is 4.55. The van der Waals surface area contributed by atoms with Crippen LogP contribution in [0.3, 0.4) is 0 Å². The summed E-state index contributed by atoms with van der Waals surface area (Å²) in [6.45, 7) is 6.82. The van der Waals surface area contributed by atoms with Crippen LogP contribution in [-0.4, -0.2) is 67.4 Å². The van der Waals surface area contributed by atoms with Gasteiger partial charge in [-0.15, -0.1) is 6.58 Å². The molecule has 1 heterocycles. The van der Waals surface area contributed by atoms with Gasteiger partial charge in [-0.2, -0.15) is 13.2 Å². The zero-order valence-corrected chi connectivity index (χ0v) is 14.9. The third-order valence-electron chi connectivity index (χ3n) is 4.12. The van der Waals surface area contributed by atoms with Crippen molar-refractivity contribution in [2.24, 2.45) is 0 Å². The minimum Gasteiger partial charge on any atom is -0.352 e. The van der Waals surface area contributed by atoms with Gasteiger partial charge >= 0.3 is 6.18 Å². The van der Waals surface area contributed by atoms with Gasteiger partial charge in [0.2, 0.25) is 11.8 Å². The number of piperazine rings is 1. The molecule has 0 spiro atoms. The normalized spacial score (nSPS) is 16.0. The molecule has 0 unspecified atom stereocenters. The van der Waals surface area contributed by atoms with Crippen LogP contribution in [0.5, 0.6) is 0 Å². The van der Waals surface area contributed by atoms with E-state index in [0.29, 0.717) is 32.7 Å². The third kappa shape index (κ3) is 7.03. The first-order chi connectivity index (χ1) is 12.8. The Bertz CT molecular complexity index is 671. The summed E-state index contributed by atoms with van der Waals surface area (Å²) in [5.74, 6) is -0.447. The first-order valence-corrected chi connectivity index (χ1v) is 8.57. The lowest BCUT2D eigenvalue weighted by atomic mass is 10.2. The van der Waals surface area contributed by atoms with Crippen LogP contribution < -0.4 is 10.6 Å². The largest absolute Gasteiger partial charge is 0.416 e. The van der Waals surface area contributed by atoms with E-state index in [1.807, 2.05) is 9.80 Å². The van der Waals surface area contributed by atoms with Crippen LogP contribution in [0, 0.1) is 0 Å². The Morgan fingerprint density at radius 1 is 1.07 bits per heavy atom. The average molecular weight is 384 g/mol. The number of halogens is 3. The fourth-order valence-electron chi connectivity index (χ4n) is 2.73. The molecule has 0 aromatic heterocycles. The average Bonchev–Trinajstić information content (AvgIpc) is 2.61. The summed E-state index contributed by atoms with van der Waals surface area (Å²) >= 11 is 0. The number of alkyl halides is 3. The Morgan fingerprint density at radius 2 is 1.67 bits per heavy atom. The highest BCUT2D eigenvalue weighted by Crippen LogP contribution is 2.30. The Labute approximate surface area is 156 Å². The number of benzene rings is 1. The van der Waals surface area contributed by atoms with Crippen LogP contribution in [-0.2, 0) is 15.8 Å². The molecule has 2 N–H and O–H groups in total. The van der Waals surface area contributed by atoms with E-state index in [1.54, 1.807) is 6.08 Å². The summed E-state index contributed by atoms with van der Waals surface area (Å²) < 4.78 is 38.1. The molecule has 1 aromatic rings. The van der Waals surface area contributed by atoms with Gasteiger partial charge in [-0.25, -0.2) is 0 Å². The van der Waals surface area contributed by atoms with Crippen molar-refractivity contribution in [1.29, 1.82) is 0 Å². The number of hydrogen-bond donors (Lipinski definition) is 2. The lowest BCUT2D eigenvalue weighted by Crippen LogP contribution is -2.51. The Morgan fingerprint density at radius 3 is 2.22 bits per heavy atom. The molecule has 1 aliphatic heterocycles. The van der Waals surface area contributed by atoms with Crippen molar-refractivity contribution in [3.63, 3.8) is 0 Å². The quantitative estimate of drug-likeness (QED) is 0.701. The molecule has 1 aliphatic rings. The smallest absolute Gasteiger partial charge is 0.352 e. The molecule has 148 valence electrons. The van der Waals surface area contributed by atoms with Gasteiger partial charge in [0.1, 0.15) is 0 Å². The first kappa shape index (κ1) is 20.9. The van der Waals surface area contributed by atoms with Gasteiger partial charge in [-0.1, -0.05) is 12.1 Å². The lowest BCUT2D eigenvalue weighted by Gasteiger charge is -2.33. The zero-order valence-electron chi connectivity index (χ0n) is 14.9. The molecule has 0 radical (unpaired) electrons. The fourth-order valence-corrected chi connectivity index (χ4v) is 2.73. The number of amides is 2. The molecule has 2 amide bonds. The van der Waals surface area contributed by atoms with Crippen LogP contribution >= 0.6 is 0 Å². The minimum atomic E-state index is -4.45. The number of carbonyl (C=O) groups is 2. The van der Waals surface area contributed by atoms with Crippen LogP contribution in [0.15, 0.2) is 36.9 Å². The molecule has 0 bridgehead atoms. The van der Waals surface area contributed by atoms with E-state index in [0.717, 1.165) is 12.1 Å². The van der Waals surface area contributed by atoms with E-state index >= 15 is 0 Å². The zero-order chi connectivity index (χ0) is 19.9. The van der Waals surface area contributed by atoms with Gasteiger partial charge in [-0.3, -0.25) is 19.4 Å². The monoisotopic (exact) mass is 384 g/mol. The van der Waals surface area contributed by atoms with Crippen LogP contribution in [0.4, 0.5) is 18.9 Å². The molecule has 2 rings (SSSR count). The maximum Gasteiger partial charge on any atom is 0.416 e. The predicted octanol–water partition coefficient (Wildman–Crippen LogP) is 1.56. The SMILES string of the molecule is C=CCNC(=O)CN1CCN(CC(=O)Nc2cccc(C(F)(F)F)c2)CC1. The lowest BCUT2D eigenvalue weighted by molar-refractivity contribution is -0.137. The fraction of sp³-hybridized carbons (Fsp3) is 0.444. The van der Waals surface area contributed by atoms with E-state index in [4.69, 9.17) is 0 Å². The highest BCUT2D eigenvalue weighted by molar-refractivity contribution is 5.92. The first-order valence-electron chi connectivity index (χ1n) is 8.57. The Hall–Kier alpha value is -2.39. The number of hydrogen-bond acceptors (Lipinski definition) is 4. The number of nitrogens with zero attached hydrogens (tertiary/aromatic N) is 2. The third-order valence-corrected chi connectivity index (χ3v) is 4.12. The van der Waals surface area contributed by atoms with Gasteiger partial charge in [0, 0.05) is 38.4 Å². The number of anilines is 1. The van der Waals surface area contributed by atoms with Gasteiger partial charge in [-0.05, 0) is 18.2 Å². The molecule has 1 aromatic carbocycles. The van der Waals surface area contributed by atoms with E-state index < -0.39 is 11.7 Å². The maximum atomic E-state index is 12.7. The second-order valence-electron chi connectivity index (χ2n) is 6.27. The van der Waals surface area contributed by atoms with Gasteiger partial charge in [0.05, 0.1) is 18.7 Å². The maximum absolute atomic E-state index is 12.7. The highest BCUT2D eigenvalue weighted by Gasteiger charge is 2.30. The van der Waals surface area contributed by atoms with E-state index in [-0.39, 0.29) is 30.6 Å². The van der Waals surface area contributed by atoms with Crippen molar-refractivity contribution in [1.82, 2.24) is 15.1 Å². The molecule has 27 heavy (non-hydrogen) atoms. The predicted molar refractivity (Wildman–Crippen MR) is 96.2 cm³/mol. The molecule has 6 nitrogen and oxygen atoms in total. The van der Waals surface area contributed by atoms with Gasteiger partial charge in [0.25, 0.3) is 0 Å². The van der Waals surface area contributed by atoms with Crippen LogP contribution in [0.1, 0.15) is 5.56 Å². The molecule has 0 aliphatic carbocycles. The van der Waals surface area contributed by atoms with Crippen molar-refractivity contribution in [3.05, 3.63) is 42.5 Å². The summed E-state index contributed by atoms with van der Waals surface area (Å²) in [4.78, 5) is 27.7. The van der Waals surface area contributed by atoms with Crippen molar-refractivity contribution in [2.45, 2.75) is 6.18 Å². The molecule has 9 heteroatoms. The summed E-state index contributed by atoms with van der Waals surface area (Å²) in [5.41, 5.74) is -0.684. The second kappa shape index (κ2) is 9.52. The Kier molecular flexibility index (Phi) is 7.37. The topological polar surface area (TPSA) is 64.7 Å². The van der Waals surface area contributed by atoms with Crippen molar-refractivity contribution in [2.75, 3.05) is 51.1 Å². The summed E-state index contributed by atoms with van der Waals surface area (Å²) in [5, 5.41) is 5.21.